The van der Waals surface area contributed by atoms with E-state index in [1.54, 1.807) is 0 Å². The summed E-state index contributed by atoms with van der Waals surface area (Å²) in [7, 11) is 1.92. The van der Waals surface area contributed by atoms with E-state index in [9.17, 15) is 13.2 Å². The topological polar surface area (TPSA) is 15.3 Å². The van der Waals surface area contributed by atoms with Gasteiger partial charge >= 0.3 is 6.18 Å². The van der Waals surface area contributed by atoms with Gasteiger partial charge in [0.05, 0.1) is 0 Å². The first-order chi connectivity index (χ1) is 9.99. The van der Waals surface area contributed by atoms with Crippen molar-refractivity contribution in [1.82, 2.24) is 10.2 Å². The number of hydrogen-bond acceptors (Lipinski definition) is 2. The fourth-order valence-corrected chi connectivity index (χ4v) is 2.45. The van der Waals surface area contributed by atoms with Crippen molar-refractivity contribution in [1.29, 1.82) is 0 Å². The first-order valence-corrected chi connectivity index (χ1v) is 7.20. The molecule has 116 valence electrons. The Bertz CT molecular complexity index is 477. The monoisotopic (exact) mass is 298 g/mol. The summed E-state index contributed by atoms with van der Waals surface area (Å²) in [4.78, 5) is 2.04. The predicted molar refractivity (Wildman–Crippen MR) is 78.1 cm³/mol. The number of hydrogen-bond donors (Lipinski definition) is 1. The highest BCUT2D eigenvalue weighted by molar-refractivity contribution is 5.23. The molecule has 0 spiro atoms. The summed E-state index contributed by atoms with van der Waals surface area (Å²) in [6.45, 7) is 2.48. The van der Waals surface area contributed by atoms with E-state index in [2.05, 4.69) is 29.6 Å². The molecule has 0 aromatic heterocycles. The Hall–Kier alpha value is -1.33. The third-order valence-electron chi connectivity index (χ3n) is 3.75. The van der Waals surface area contributed by atoms with Crippen LogP contribution in [0.4, 0.5) is 13.2 Å². The summed E-state index contributed by atoms with van der Waals surface area (Å²) in [6, 6.07) is 8.31. The minimum absolute atomic E-state index is 0.0871. The normalized spacial score (nSPS) is 16.9. The molecule has 1 aromatic rings. The average Bonchev–Trinajstić information content (AvgIpc) is 2.46. The Morgan fingerprint density at radius 1 is 1.14 bits per heavy atom. The van der Waals surface area contributed by atoms with Crippen LogP contribution in [0.15, 0.2) is 35.9 Å². The minimum atomic E-state index is -4.17. The van der Waals surface area contributed by atoms with Crippen LogP contribution >= 0.6 is 0 Å². The van der Waals surface area contributed by atoms with E-state index in [0.29, 0.717) is 19.6 Å². The van der Waals surface area contributed by atoms with Crippen LogP contribution in [0, 0.1) is 0 Å². The van der Waals surface area contributed by atoms with E-state index in [1.807, 2.05) is 11.9 Å². The van der Waals surface area contributed by atoms with E-state index in [1.165, 1.54) is 11.6 Å². The van der Waals surface area contributed by atoms with E-state index in [4.69, 9.17) is 0 Å². The average molecular weight is 298 g/mol. The molecule has 2 nitrogen and oxygen atoms in total. The number of likely N-dealkylation sites (N-methyl/N-ethyl adjacent to an activating group) is 1. The van der Waals surface area contributed by atoms with E-state index in [0.717, 1.165) is 18.5 Å². The molecule has 0 aliphatic carbocycles. The fraction of sp³-hybridized carbons (Fsp3) is 0.500. The molecule has 0 amide bonds. The summed E-state index contributed by atoms with van der Waals surface area (Å²) >= 11 is 0. The van der Waals surface area contributed by atoms with Gasteiger partial charge in [0.2, 0.25) is 0 Å². The molecule has 0 atom stereocenters. The molecule has 21 heavy (non-hydrogen) atoms. The molecule has 1 aliphatic rings. The molecule has 0 fully saturated rings. The second-order valence-electron chi connectivity index (χ2n) is 5.38. The van der Waals surface area contributed by atoms with Crippen LogP contribution in [0.3, 0.4) is 0 Å². The van der Waals surface area contributed by atoms with Gasteiger partial charge in [-0.05, 0) is 37.6 Å². The molecule has 0 bridgehead atoms. The van der Waals surface area contributed by atoms with Crippen LogP contribution in [-0.2, 0) is 13.0 Å². The molecular weight excluding hydrogens is 277 g/mol. The number of rotatable bonds is 5. The minimum Gasteiger partial charge on any atom is -0.319 e. The second kappa shape index (κ2) is 7.09. The van der Waals surface area contributed by atoms with Crippen molar-refractivity contribution in [3.8, 4) is 0 Å². The molecular formula is C16H21F3N2. The van der Waals surface area contributed by atoms with Crippen molar-refractivity contribution in [2.45, 2.75) is 25.6 Å². The lowest BCUT2D eigenvalue weighted by atomic mass is 10.1. The van der Waals surface area contributed by atoms with Crippen LogP contribution in [-0.4, -0.2) is 37.8 Å². The summed E-state index contributed by atoms with van der Waals surface area (Å²) in [5.41, 5.74) is 2.03. The Morgan fingerprint density at radius 3 is 2.33 bits per heavy atom. The quantitative estimate of drug-likeness (QED) is 0.840. The van der Waals surface area contributed by atoms with E-state index < -0.39 is 6.18 Å². The summed E-state index contributed by atoms with van der Waals surface area (Å²) < 4.78 is 37.6. The molecule has 0 unspecified atom stereocenters. The van der Waals surface area contributed by atoms with Crippen LogP contribution in [0.25, 0.3) is 0 Å². The Labute approximate surface area is 123 Å². The smallest absolute Gasteiger partial charge is 0.319 e. The number of nitrogens with zero attached hydrogens (tertiary/aromatic N) is 1. The SMILES string of the molecule is CNCCc1ccc(CN2CC=C(C(F)(F)F)CC2)cc1. The van der Waals surface area contributed by atoms with Crippen molar-refractivity contribution < 1.29 is 13.2 Å². The highest BCUT2D eigenvalue weighted by Crippen LogP contribution is 2.30. The number of halogens is 3. The number of nitrogens with one attached hydrogen (secondary N) is 1. The lowest BCUT2D eigenvalue weighted by molar-refractivity contribution is -0.0960. The largest absolute Gasteiger partial charge is 0.412 e. The first kappa shape index (κ1) is 16.0. The molecule has 1 heterocycles. The second-order valence-corrected chi connectivity index (χ2v) is 5.38. The molecule has 0 saturated carbocycles. The summed E-state index contributed by atoms with van der Waals surface area (Å²) in [5, 5.41) is 3.11. The van der Waals surface area contributed by atoms with Crippen LogP contribution in [0.2, 0.25) is 0 Å². The van der Waals surface area contributed by atoms with Gasteiger partial charge in [-0.15, -0.1) is 0 Å². The standard InChI is InChI=1S/C16H21F3N2/c1-20-9-6-13-2-4-14(5-3-13)12-21-10-7-15(8-11-21)16(17,18)19/h2-5,7,20H,6,8-12H2,1H3. The van der Waals surface area contributed by atoms with Crippen LogP contribution in [0.1, 0.15) is 17.5 Å². The van der Waals surface area contributed by atoms with Gasteiger partial charge in [-0.25, -0.2) is 0 Å². The van der Waals surface area contributed by atoms with Gasteiger partial charge in [0.1, 0.15) is 0 Å². The van der Waals surface area contributed by atoms with Gasteiger partial charge in [0.25, 0.3) is 0 Å². The zero-order valence-electron chi connectivity index (χ0n) is 12.2. The maximum atomic E-state index is 12.5. The number of benzene rings is 1. The van der Waals surface area contributed by atoms with Crippen molar-refractivity contribution in [3.63, 3.8) is 0 Å². The van der Waals surface area contributed by atoms with Crippen molar-refractivity contribution in [3.05, 3.63) is 47.0 Å². The predicted octanol–water partition coefficient (Wildman–Crippen LogP) is 3.14. The zero-order valence-corrected chi connectivity index (χ0v) is 12.2. The number of alkyl halides is 3. The van der Waals surface area contributed by atoms with Crippen molar-refractivity contribution in [2.75, 3.05) is 26.7 Å². The van der Waals surface area contributed by atoms with Crippen molar-refractivity contribution in [2.24, 2.45) is 0 Å². The van der Waals surface area contributed by atoms with Gasteiger partial charge in [-0.1, -0.05) is 30.3 Å². The van der Waals surface area contributed by atoms with Gasteiger partial charge < -0.3 is 5.32 Å². The van der Waals surface area contributed by atoms with Gasteiger partial charge in [-0.2, -0.15) is 13.2 Å². The zero-order chi connectivity index (χ0) is 15.3. The highest BCUT2D eigenvalue weighted by Gasteiger charge is 2.34. The van der Waals surface area contributed by atoms with E-state index >= 15 is 0 Å². The lowest BCUT2D eigenvalue weighted by Gasteiger charge is -2.27. The molecule has 5 heteroatoms. The Kier molecular flexibility index (Phi) is 5.42. The third-order valence-corrected chi connectivity index (χ3v) is 3.75. The van der Waals surface area contributed by atoms with Gasteiger partial charge in [0.15, 0.2) is 0 Å². The van der Waals surface area contributed by atoms with Crippen molar-refractivity contribution >= 4 is 0 Å². The lowest BCUT2D eigenvalue weighted by Crippen LogP contribution is -2.31. The van der Waals surface area contributed by atoms with Gasteiger partial charge in [-0.3, -0.25) is 4.90 Å². The molecule has 0 radical (unpaired) electrons. The summed E-state index contributed by atoms with van der Waals surface area (Å²) in [5.74, 6) is 0. The Morgan fingerprint density at radius 2 is 1.81 bits per heavy atom. The molecule has 1 N–H and O–H groups in total. The van der Waals surface area contributed by atoms with Crippen LogP contribution in [0.5, 0.6) is 0 Å². The third kappa shape index (κ3) is 4.86. The highest BCUT2D eigenvalue weighted by atomic mass is 19.4. The van der Waals surface area contributed by atoms with Gasteiger partial charge in [0, 0.05) is 25.2 Å². The maximum absolute atomic E-state index is 12.5. The molecule has 0 saturated heterocycles. The maximum Gasteiger partial charge on any atom is 0.412 e. The van der Waals surface area contributed by atoms with E-state index in [-0.39, 0.29) is 12.0 Å². The first-order valence-electron chi connectivity index (χ1n) is 7.20. The summed E-state index contributed by atoms with van der Waals surface area (Å²) in [6.07, 6.45) is -1.78. The molecule has 1 aliphatic heterocycles. The van der Waals surface area contributed by atoms with Crippen LogP contribution < -0.4 is 5.32 Å². The molecule has 2 rings (SSSR count). The molecule has 1 aromatic carbocycles. The fourth-order valence-electron chi connectivity index (χ4n) is 2.45. The Balaban J connectivity index is 1.87.